The van der Waals surface area contributed by atoms with E-state index < -0.39 is 33.4 Å². The molecule has 0 aliphatic carbocycles. The molecule has 0 bridgehead atoms. The third-order valence-corrected chi connectivity index (χ3v) is 5.89. The summed E-state index contributed by atoms with van der Waals surface area (Å²) in [5.74, 6) is -0.986. The number of hydrogen-bond acceptors (Lipinski definition) is 5. The lowest BCUT2D eigenvalue weighted by molar-refractivity contribution is -0.141. The summed E-state index contributed by atoms with van der Waals surface area (Å²) in [6.45, 7) is 3.68. The fourth-order valence-electron chi connectivity index (χ4n) is 3.02. The quantitative estimate of drug-likeness (QED) is 0.768. The summed E-state index contributed by atoms with van der Waals surface area (Å²) in [6.07, 6.45) is 1.79. The minimum Gasteiger partial charge on any atom is -0.480 e. The summed E-state index contributed by atoms with van der Waals surface area (Å²) < 4.78 is 28.0. The monoisotopic (exact) mass is 317 g/mol. The lowest BCUT2D eigenvalue weighted by Crippen LogP contribution is -2.41. The maximum Gasteiger partial charge on any atom is 0.410 e. The highest BCUT2D eigenvalue weighted by atomic mass is 32.2. The number of rotatable bonds is 3. The van der Waals surface area contributed by atoms with E-state index in [-0.39, 0.29) is 31.1 Å². The first kappa shape index (κ1) is 15.8. The Kier molecular flexibility index (Phi) is 4.27. The second-order valence-corrected chi connectivity index (χ2v) is 8.01. The van der Waals surface area contributed by atoms with E-state index in [1.54, 1.807) is 0 Å². The van der Waals surface area contributed by atoms with Gasteiger partial charge in [0.15, 0.2) is 0 Å². The van der Waals surface area contributed by atoms with Gasteiger partial charge in [-0.15, -0.1) is 0 Å². The molecule has 118 valence electrons. The summed E-state index contributed by atoms with van der Waals surface area (Å²) in [4.78, 5) is 24.5. The van der Waals surface area contributed by atoms with Crippen LogP contribution in [0.4, 0.5) is 4.79 Å². The highest BCUT2D eigenvalue weighted by Crippen LogP contribution is 2.44. The second kappa shape index (κ2) is 5.67. The molecule has 1 atom stereocenters. The topological polar surface area (TPSA) is 101 Å². The summed E-state index contributed by atoms with van der Waals surface area (Å²) in [5.41, 5.74) is -0.429. The molecule has 0 aromatic rings. The van der Waals surface area contributed by atoms with Gasteiger partial charge in [-0.2, -0.15) is 0 Å². The van der Waals surface area contributed by atoms with Gasteiger partial charge in [-0.25, -0.2) is 18.0 Å². The molecule has 2 saturated heterocycles. The molecule has 2 rings (SSSR count). The number of hydrogen-bond donors (Lipinski definition) is 1. The summed E-state index contributed by atoms with van der Waals surface area (Å²) in [5, 5.41) is 9.29. The minimum absolute atomic E-state index is 0.0169. The Balaban J connectivity index is 2.13. The number of amides is 1. The molecule has 0 aromatic heterocycles. The van der Waals surface area contributed by atoms with Gasteiger partial charge in [0.1, 0.15) is 22.5 Å². The predicted octanol–water partition coefficient (Wildman–Crippen LogP) is 0.663. The molecule has 1 amide bonds. The van der Waals surface area contributed by atoms with Crippen LogP contribution in [-0.2, 0) is 19.4 Å². The van der Waals surface area contributed by atoms with Gasteiger partial charge in [-0.3, -0.25) is 4.90 Å². The van der Waals surface area contributed by atoms with Crippen molar-refractivity contribution in [3.8, 4) is 0 Å². The van der Waals surface area contributed by atoms with Gasteiger partial charge in [0.05, 0.1) is 11.5 Å². The fraction of sp³-hybridized carbons (Fsp3) is 0.692. The van der Waals surface area contributed by atoms with E-state index in [0.29, 0.717) is 12.8 Å². The molecule has 2 aliphatic rings. The highest BCUT2D eigenvalue weighted by Gasteiger charge is 2.51. The van der Waals surface area contributed by atoms with E-state index in [2.05, 4.69) is 6.58 Å². The number of ether oxygens (including phenoxy) is 1. The maximum atomic E-state index is 11.9. The van der Waals surface area contributed by atoms with Crippen LogP contribution in [0.2, 0.25) is 0 Å². The Labute approximate surface area is 123 Å². The van der Waals surface area contributed by atoms with Gasteiger partial charge >= 0.3 is 12.1 Å². The number of carboxylic acids is 1. The summed E-state index contributed by atoms with van der Waals surface area (Å²) in [7, 11) is -3.03. The van der Waals surface area contributed by atoms with Gasteiger partial charge < -0.3 is 9.84 Å². The third kappa shape index (κ3) is 3.37. The van der Waals surface area contributed by atoms with E-state index >= 15 is 0 Å². The van der Waals surface area contributed by atoms with Crippen LogP contribution in [0.3, 0.4) is 0 Å². The van der Waals surface area contributed by atoms with Crippen LogP contribution in [0.1, 0.15) is 19.3 Å². The normalized spacial score (nSPS) is 26.5. The molecule has 2 fully saturated rings. The van der Waals surface area contributed by atoms with Crippen LogP contribution >= 0.6 is 0 Å². The molecule has 0 aromatic carbocycles. The largest absolute Gasteiger partial charge is 0.480 e. The molecular formula is C13H19NO6S. The Hall–Kier alpha value is -1.57. The smallest absolute Gasteiger partial charge is 0.410 e. The van der Waals surface area contributed by atoms with Crippen molar-refractivity contribution >= 4 is 21.9 Å². The van der Waals surface area contributed by atoms with Gasteiger partial charge in [0.2, 0.25) is 0 Å². The molecule has 0 saturated carbocycles. The van der Waals surface area contributed by atoms with Gasteiger partial charge in [-0.05, 0) is 24.7 Å². The van der Waals surface area contributed by atoms with Gasteiger partial charge in [0, 0.05) is 6.54 Å². The fourth-order valence-corrected chi connectivity index (χ4v) is 4.71. The molecular weight excluding hydrogens is 298 g/mol. The Bertz CT molecular complexity index is 541. The van der Waals surface area contributed by atoms with Gasteiger partial charge in [0.25, 0.3) is 0 Å². The zero-order chi connectivity index (χ0) is 15.7. The lowest BCUT2D eigenvalue weighted by Gasteiger charge is -2.32. The Morgan fingerprint density at radius 1 is 1.38 bits per heavy atom. The van der Waals surface area contributed by atoms with Crippen LogP contribution in [-0.4, -0.2) is 61.2 Å². The number of likely N-dealkylation sites (tertiary alicyclic amines) is 1. The molecule has 21 heavy (non-hydrogen) atoms. The number of nitrogens with zero attached hydrogens (tertiary/aromatic N) is 1. The minimum atomic E-state index is -3.03. The average molecular weight is 317 g/mol. The van der Waals surface area contributed by atoms with E-state index in [1.807, 2.05) is 0 Å². The van der Waals surface area contributed by atoms with E-state index in [4.69, 9.17) is 4.74 Å². The van der Waals surface area contributed by atoms with Crippen molar-refractivity contribution in [1.29, 1.82) is 0 Å². The van der Waals surface area contributed by atoms with Crippen LogP contribution in [0.25, 0.3) is 0 Å². The van der Waals surface area contributed by atoms with Crippen LogP contribution in [0, 0.1) is 5.41 Å². The average Bonchev–Trinajstić information content (AvgIpc) is 2.81. The zero-order valence-corrected chi connectivity index (χ0v) is 12.5. The Morgan fingerprint density at radius 2 is 2.00 bits per heavy atom. The maximum absolute atomic E-state index is 11.9. The SMILES string of the molecule is C=CCOC(=O)N1CC2(CCS(=O)(=O)CC2)CC1C(=O)O. The second-order valence-electron chi connectivity index (χ2n) is 5.70. The first-order valence-corrected chi connectivity index (χ1v) is 8.58. The van der Waals surface area contributed by atoms with Crippen molar-refractivity contribution in [2.24, 2.45) is 5.41 Å². The number of aliphatic carboxylic acids is 1. The standard InChI is InChI=1S/C13H19NO6S/c1-2-5-20-12(17)14-9-13(8-10(14)11(15)16)3-6-21(18,19)7-4-13/h2,10H,1,3-9H2,(H,15,16). The van der Waals surface area contributed by atoms with Crippen molar-refractivity contribution < 1.29 is 27.9 Å². The first-order valence-electron chi connectivity index (χ1n) is 6.76. The molecule has 1 N–H and O–H groups in total. The molecule has 7 nitrogen and oxygen atoms in total. The summed E-state index contributed by atoms with van der Waals surface area (Å²) in [6, 6.07) is -0.955. The lowest BCUT2D eigenvalue weighted by atomic mass is 9.80. The number of sulfone groups is 1. The van der Waals surface area contributed by atoms with Crippen molar-refractivity contribution in [3.05, 3.63) is 12.7 Å². The number of carbonyl (C=O) groups is 2. The Morgan fingerprint density at radius 3 is 2.52 bits per heavy atom. The molecule has 1 unspecified atom stereocenters. The van der Waals surface area contributed by atoms with E-state index in [0.717, 1.165) is 0 Å². The molecule has 2 heterocycles. The molecule has 1 spiro atoms. The molecule has 8 heteroatoms. The van der Waals surface area contributed by atoms with Crippen molar-refractivity contribution in [3.63, 3.8) is 0 Å². The molecule has 0 radical (unpaired) electrons. The predicted molar refractivity (Wildman–Crippen MR) is 74.6 cm³/mol. The number of carbonyl (C=O) groups excluding carboxylic acids is 1. The number of carboxylic acid groups (broad SMARTS) is 1. The first-order chi connectivity index (χ1) is 9.79. The van der Waals surface area contributed by atoms with Crippen LogP contribution < -0.4 is 0 Å². The molecule has 2 aliphatic heterocycles. The summed E-state index contributed by atoms with van der Waals surface area (Å²) >= 11 is 0. The van der Waals surface area contributed by atoms with E-state index in [9.17, 15) is 23.1 Å². The highest BCUT2D eigenvalue weighted by molar-refractivity contribution is 7.91. The van der Waals surface area contributed by atoms with Crippen LogP contribution in [0.5, 0.6) is 0 Å². The van der Waals surface area contributed by atoms with Crippen molar-refractivity contribution in [1.82, 2.24) is 4.90 Å². The van der Waals surface area contributed by atoms with Crippen LogP contribution in [0.15, 0.2) is 12.7 Å². The van der Waals surface area contributed by atoms with E-state index in [1.165, 1.54) is 11.0 Å². The third-order valence-electron chi connectivity index (χ3n) is 4.24. The van der Waals surface area contributed by atoms with Crippen molar-refractivity contribution in [2.75, 3.05) is 24.7 Å². The van der Waals surface area contributed by atoms with Gasteiger partial charge in [-0.1, -0.05) is 12.7 Å². The van der Waals surface area contributed by atoms with Crippen molar-refractivity contribution in [2.45, 2.75) is 25.3 Å². The zero-order valence-electron chi connectivity index (χ0n) is 11.7.